The first-order valence-electron chi connectivity index (χ1n) is 11.8. The number of halogens is 1. The predicted molar refractivity (Wildman–Crippen MR) is 145 cm³/mol. The molecule has 3 heterocycles. The molecule has 2 aromatic heterocycles. The van der Waals surface area contributed by atoms with Crippen LogP contribution in [0.3, 0.4) is 0 Å². The molecule has 0 radical (unpaired) electrons. The number of fused-ring (bicyclic) bond motifs is 1. The van der Waals surface area contributed by atoms with Gasteiger partial charge in [0, 0.05) is 28.0 Å². The molecule has 6 rings (SSSR count). The van der Waals surface area contributed by atoms with E-state index < -0.39 is 0 Å². The maximum atomic E-state index is 6.35. The Hall–Kier alpha value is -4.36. The summed E-state index contributed by atoms with van der Waals surface area (Å²) in [6, 6.07) is 25.0. The van der Waals surface area contributed by atoms with E-state index in [4.69, 9.17) is 40.6 Å². The van der Waals surface area contributed by atoms with Gasteiger partial charge in [-0.3, -0.25) is 0 Å². The molecule has 184 valence electrons. The zero-order valence-corrected chi connectivity index (χ0v) is 21.0. The molecule has 1 atom stereocenters. The summed E-state index contributed by atoms with van der Waals surface area (Å²) < 4.78 is 16.8. The van der Waals surface area contributed by atoms with Crippen LogP contribution in [0.15, 0.2) is 94.6 Å². The maximum absolute atomic E-state index is 6.35. The van der Waals surface area contributed by atoms with E-state index in [1.807, 2.05) is 83.9 Å². The Morgan fingerprint density at radius 2 is 1.70 bits per heavy atom. The Labute approximate surface area is 218 Å². The van der Waals surface area contributed by atoms with Crippen molar-refractivity contribution >= 4 is 34.2 Å². The third-order valence-electron chi connectivity index (χ3n) is 6.40. The number of hydrazone groups is 1. The summed E-state index contributed by atoms with van der Waals surface area (Å²) >= 11 is 6.35. The highest BCUT2D eigenvalue weighted by Crippen LogP contribution is 2.39. The number of aromatic nitrogens is 2. The van der Waals surface area contributed by atoms with E-state index in [9.17, 15) is 0 Å². The summed E-state index contributed by atoms with van der Waals surface area (Å²) in [6.07, 6.45) is 2.27. The molecule has 0 unspecified atom stereocenters. The Bertz CT molecular complexity index is 1600. The van der Waals surface area contributed by atoms with Gasteiger partial charge in [-0.05, 0) is 48.5 Å². The second-order valence-corrected chi connectivity index (χ2v) is 9.03. The second-order valence-electron chi connectivity index (χ2n) is 8.60. The van der Waals surface area contributed by atoms with E-state index in [2.05, 4.69) is 0 Å². The van der Waals surface area contributed by atoms with Crippen molar-refractivity contribution in [3.05, 3.63) is 101 Å². The molecule has 0 N–H and O–H groups in total. The van der Waals surface area contributed by atoms with E-state index in [1.54, 1.807) is 20.5 Å². The predicted octanol–water partition coefficient (Wildman–Crippen LogP) is 6.92. The first-order valence-corrected chi connectivity index (χ1v) is 12.2. The topological polar surface area (TPSA) is 73.0 Å². The highest BCUT2D eigenvalue weighted by atomic mass is 35.5. The molecule has 0 aliphatic carbocycles. The molecule has 0 saturated heterocycles. The number of methoxy groups -OCH3 is 2. The van der Waals surface area contributed by atoms with Gasteiger partial charge in [0.2, 0.25) is 5.95 Å². The van der Waals surface area contributed by atoms with Crippen LogP contribution in [-0.2, 0) is 0 Å². The van der Waals surface area contributed by atoms with E-state index >= 15 is 0 Å². The van der Waals surface area contributed by atoms with Gasteiger partial charge in [0.15, 0.2) is 11.5 Å². The van der Waals surface area contributed by atoms with E-state index in [0.29, 0.717) is 28.9 Å². The first kappa shape index (κ1) is 23.1. The minimum atomic E-state index is -0.216. The molecule has 5 aromatic rings. The molecule has 0 saturated carbocycles. The molecule has 0 bridgehead atoms. The van der Waals surface area contributed by atoms with Crippen LogP contribution in [-0.4, -0.2) is 29.9 Å². The minimum Gasteiger partial charge on any atom is -0.493 e. The highest BCUT2D eigenvalue weighted by Gasteiger charge is 2.34. The molecule has 0 spiro atoms. The number of ether oxygens (including phenoxy) is 2. The average Bonchev–Trinajstić information content (AvgIpc) is 3.63. The zero-order chi connectivity index (χ0) is 25.4. The molecule has 0 fully saturated rings. The number of nitrogens with zero attached hydrogens (tertiary/aromatic N) is 4. The van der Waals surface area contributed by atoms with E-state index in [-0.39, 0.29) is 6.04 Å². The fraction of sp³-hybridized carbons (Fsp3) is 0.138. The van der Waals surface area contributed by atoms with Gasteiger partial charge in [0.05, 0.1) is 37.4 Å². The molecular weight excluding hydrogens is 488 g/mol. The van der Waals surface area contributed by atoms with Crippen LogP contribution in [0.2, 0.25) is 5.02 Å². The molecule has 3 aromatic carbocycles. The van der Waals surface area contributed by atoms with Gasteiger partial charge in [0.1, 0.15) is 11.8 Å². The van der Waals surface area contributed by atoms with Crippen LogP contribution in [0, 0.1) is 0 Å². The quantitative estimate of drug-likeness (QED) is 0.247. The molecule has 8 heteroatoms. The first-order chi connectivity index (χ1) is 18.1. The number of hydrogen-bond acceptors (Lipinski definition) is 7. The lowest BCUT2D eigenvalue weighted by Crippen LogP contribution is -2.20. The van der Waals surface area contributed by atoms with Crippen molar-refractivity contribution in [1.29, 1.82) is 0 Å². The Kier molecular flexibility index (Phi) is 5.98. The maximum Gasteiger partial charge on any atom is 0.248 e. The zero-order valence-electron chi connectivity index (χ0n) is 20.3. The second kappa shape index (κ2) is 9.59. The van der Waals surface area contributed by atoms with Crippen molar-refractivity contribution in [2.45, 2.75) is 12.5 Å². The molecular formula is C29H23ClN4O3. The third-order valence-corrected chi connectivity index (χ3v) is 6.63. The average molecular weight is 511 g/mol. The Balaban J connectivity index is 1.51. The van der Waals surface area contributed by atoms with Crippen molar-refractivity contribution in [3.63, 3.8) is 0 Å². The minimum absolute atomic E-state index is 0.216. The van der Waals surface area contributed by atoms with E-state index in [1.165, 1.54) is 0 Å². The largest absolute Gasteiger partial charge is 0.493 e. The smallest absolute Gasteiger partial charge is 0.248 e. The number of rotatable bonds is 6. The number of hydrogen-bond donors (Lipinski definition) is 0. The lowest BCUT2D eigenvalue weighted by atomic mass is 10.0. The summed E-state index contributed by atoms with van der Waals surface area (Å²) in [5, 5.41) is 8.34. The van der Waals surface area contributed by atoms with Crippen LogP contribution in [0.5, 0.6) is 11.5 Å². The van der Waals surface area contributed by atoms with Crippen molar-refractivity contribution in [2.75, 3.05) is 19.2 Å². The van der Waals surface area contributed by atoms with Gasteiger partial charge < -0.3 is 13.9 Å². The van der Waals surface area contributed by atoms with Crippen molar-refractivity contribution in [1.82, 2.24) is 9.97 Å². The van der Waals surface area contributed by atoms with Crippen LogP contribution in [0.4, 0.5) is 5.95 Å². The SMILES string of the molecule is COc1ccc(C2=NN(c3nc(-c4ccccc4)c4cc(Cl)ccc4n3)[C@H](c3ccco3)C2)cc1OC. The molecule has 1 aliphatic heterocycles. The van der Waals surface area contributed by atoms with Gasteiger partial charge >= 0.3 is 0 Å². The summed E-state index contributed by atoms with van der Waals surface area (Å²) in [4.78, 5) is 9.90. The fourth-order valence-electron chi connectivity index (χ4n) is 4.59. The van der Waals surface area contributed by atoms with E-state index in [0.717, 1.165) is 39.2 Å². The number of benzene rings is 3. The summed E-state index contributed by atoms with van der Waals surface area (Å²) in [5.74, 6) is 2.56. The molecule has 1 aliphatic rings. The fourth-order valence-corrected chi connectivity index (χ4v) is 4.77. The standard InChI is InChI=1S/C29H23ClN4O3/c1-35-26-13-10-19(15-27(26)36-2)23-17-24(25-9-6-14-37-25)34(33-23)29-31-22-12-11-20(30)16-21(22)28(32-29)18-7-4-3-5-8-18/h3-16,24H,17H2,1-2H3/t24-/m0/s1. The Morgan fingerprint density at radius 1 is 0.865 bits per heavy atom. The van der Waals surface area contributed by atoms with Gasteiger partial charge in [-0.2, -0.15) is 5.10 Å². The van der Waals surface area contributed by atoms with Crippen molar-refractivity contribution < 1.29 is 13.9 Å². The number of furan rings is 1. The molecule has 7 nitrogen and oxygen atoms in total. The van der Waals surface area contributed by atoms with Crippen molar-refractivity contribution in [2.24, 2.45) is 5.10 Å². The Morgan fingerprint density at radius 3 is 2.46 bits per heavy atom. The number of anilines is 1. The summed E-state index contributed by atoms with van der Waals surface area (Å²) in [5.41, 5.74) is 4.32. The van der Waals surface area contributed by atoms with Crippen molar-refractivity contribution in [3.8, 4) is 22.8 Å². The van der Waals surface area contributed by atoms with Gasteiger partial charge in [-0.1, -0.05) is 41.9 Å². The lowest BCUT2D eigenvalue weighted by molar-refractivity contribution is 0.355. The van der Waals surface area contributed by atoms with Crippen LogP contribution in [0.25, 0.3) is 22.2 Å². The van der Waals surface area contributed by atoms with Gasteiger partial charge in [-0.25, -0.2) is 15.0 Å². The highest BCUT2D eigenvalue weighted by molar-refractivity contribution is 6.31. The monoisotopic (exact) mass is 510 g/mol. The third kappa shape index (κ3) is 4.27. The normalized spacial score (nSPS) is 15.2. The molecule has 37 heavy (non-hydrogen) atoms. The molecule has 0 amide bonds. The summed E-state index contributed by atoms with van der Waals surface area (Å²) in [7, 11) is 3.24. The van der Waals surface area contributed by atoms with Crippen LogP contribution < -0.4 is 14.5 Å². The van der Waals surface area contributed by atoms with Gasteiger partial charge in [0.25, 0.3) is 0 Å². The van der Waals surface area contributed by atoms with Crippen LogP contribution in [0.1, 0.15) is 23.8 Å². The summed E-state index contributed by atoms with van der Waals surface area (Å²) in [6.45, 7) is 0. The van der Waals surface area contributed by atoms with Gasteiger partial charge in [-0.15, -0.1) is 0 Å². The van der Waals surface area contributed by atoms with Crippen LogP contribution >= 0.6 is 11.6 Å². The lowest BCUT2D eigenvalue weighted by Gasteiger charge is -2.21.